The summed E-state index contributed by atoms with van der Waals surface area (Å²) in [5, 5.41) is 13.2. The van der Waals surface area contributed by atoms with Crippen molar-refractivity contribution in [2.24, 2.45) is 0 Å². The van der Waals surface area contributed by atoms with Gasteiger partial charge in [-0.3, -0.25) is 29.9 Å². The van der Waals surface area contributed by atoms with Crippen molar-refractivity contribution in [3.05, 3.63) is 153 Å². The molecule has 0 atom stereocenters. The molecule has 0 bridgehead atoms. The van der Waals surface area contributed by atoms with Gasteiger partial charge in [0, 0.05) is 53.0 Å². The van der Waals surface area contributed by atoms with Gasteiger partial charge in [0.05, 0.1) is 34.7 Å². The number of benzene rings is 4. The van der Waals surface area contributed by atoms with E-state index in [1.165, 1.54) is 6.07 Å². The van der Waals surface area contributed by atoms with E-state index in [0.717, 1.165) is 15.6 Å². The summed E-state index contributed by atoms with van der Waals surface area (Å²) in [6.45, 7) is 1.36. The highest BCUT2D eigenvalue weighted by molar-refractivity contribution is 6.13. The quantitative estimate of drug-likeness (QED) is 0.102. The maximum Gasteiger partial charge on any atom is 0.293 e. The highest BCUT2D eigenvalue weighted by Gasteiger charge is 2.25. The topological polar surface area (TPSA) is 172 Å². The van der Waals surface area contributed by atoms with Crippen molar-refractivity contribution in [3.63, 3.8) is 0 Å². The number of nitro groups is 1. The van der Waals surface area contributed by atoms with Gasteiger partial charge in [-0.25, -0.2) is 15.0 Å². The minimum atomic E-state index is -0.691. The van der Waals surface area contributed by atoms with E-state index >= 15 is 0 Å². The van der Waals surface area contributed by atoms with Crippen molar-refractivity contribution in [2.45, 2.75) is 0 Å². The average molecular weight is 734 g/mol. The molecule has 1 saturated heterocycles. The lowest BCUT2D eigenvalue weighted by Crippen LogP contribution is -2.37. The zero-order chi connectivity index (χ0) is 37.9. The fourth-order valence-corrected chi connectivity index (χ4v) is 6.47. The summed E-state index contributed by atoms with van der Waals surface area (Å²) in [6.07, 6.45) is 1.65. The van der Waals surface area contributed by atoms with Crippen LogP contribution in [0.1, 0.15) is 15.9 Å². The monoisotopic (exact) mass is 733 g/mol. The number of para-hydroxylation sites is 1. The van der Waals surface area contributed by atoms with Crippen molar-refractivity contribution in [3.8, 4) is 28.4 Å². The molecular weight excluding hydrogens is 702 g/mol. The number of morpholine rings is 1. The maximum absolute atomic E-state index is 13.8. The molecular formula is C41H31N7O7. The summed E-state index contributed by atoms with van der Waals surface area (Å²) in [5.41, 5.74) is 5.44. The number of nitro benzene ring substituents is 1. The van der Waals surface area contributed by atoms with Crippen molar-refractivity contribution in [2.75, 3.05) is 43.2 Å². The van der Waals surface area contributed by atoms with E-state index in [9.17, 15) is 24.5 Å². The number of hydrogen-bond donors (Lipinski definition) is 1. The summed E-state index contributed by atoms with van der Waals surface area (Å²) in [5.74, 6) is -0.640. The Labute approximate surface area is 312 Å². The Hall–Kier alpha value is -7.32. The van der Waals surface area contributed by atoms with Crippen LogP contribution in [0, 0.1) is 10.1 Å². The van der Waals surface area contributed by atoms with Gasteiger partial charge in [0.25, 0.3) is 17.2 Å². The Bertz CT molecular complexity index is 2660. The minimum Gasteiger partial charge on any atom is -0.484 e. The number of aromatic nitrogens is 4. The first-order valence-corrected chi connectivity index (χ1v) is 17.4. The van der Waals surface area contributed by atoms with Crippen LogP contribution in [0.25, 0.3) is 44.6 Å². The van der Waals surface area contributed by atoms with Gasteiger partial charge in [-0.1, -0.05) is 42.5 Å². The van der Waals surface area contributed by atoms with Gasteiger partial charge in [0.2, 0.25) is 0 Å². The summed E-state index contributed by atoms with van der Waals surface area (Å²) in [7, 11) is 0. The molecule has 4 heterocycles. The van der Waals surface area contributed by atoms with Crippen LogP contribution in [-0.2, 0) is 9.53 Å². The van der Waals surface area contributed by atoms with Gasteiger partial charge >= 0.3 is 0 Å². The van der Waals surface area contributed by atoms with Crippen LogP contribution in [0.5, 0.6) is 5.75 Å². The molecule has 55 heavy (non-hydrogen) atoms. The summed E-state index contributed by atoms with van der Waals surface area (Å²) >= 11 is 0. The number of nitrogens with zero attached hydrogens (tertiary/aromatic N) is 6. The zero-order valence-electron chi connectivity index (χ0n) is 29.1. The Morgan fingerprint density at radius 3 is 2.40 bits per heavy atom. The largest absolute Gasteiger partial charge is 0.484 e. The number of anilines is 1. The average Bonchev–Trinajstić information content (AvgIpc) is 3.23. The van der Waals surface area contributed by atoms with Gasteiger partial charge in [-0.2, -0.15) is 4.68 Å². The van der Waals surface area contributed by atoms with Gasteiger partial charge in [-0.05, 0) is 66.7 Å². The van der Waals surface area contributed by atoms with Gasteiger partial charge in [0.15, 0.2) is 23.9 Å². The lowest BCUT2D eigenvalue weighted by molar-refractivity contribution is -0.384. The molecule has 1 fully saturated rings. The van der Waals surface area contributed by atoms with E-state index in [2.05, 4.69) is 15.4 Å². The third kappa shape index (κ3) is 7.09. The second kappa shape index (κ2) is 15.0. The maximum atomic E-state index is 13.8. The molecule has 1 aliphatic heterocycles. The smallest absolute Gasteiger partial charge is 0.293 e. The first-order chi connectivity index (χ1) is 26.8. The van der Waals surface area contributed by atoms with Crippen molar-refractivity contribution in [1.29, 1.82) is 0 Å². The number of rotatable bonds is 10. The van der Waals surface area contributed by atoms with Crippen LogP contribution in [0.4, 0.5) is 11.4 Å². The third-order valence-corrected chi connectivity index (χ3v) is 9.16. The second-order valence-corrected chi connectivity index (χ2v) is 12.6. The lowest BCUT2D eigenvalue weighted by Gasteiger charge is -2.28. The van der Waals surface area contributed by atoms with Crippen LogP contribution in [-0.4, -0.2) is 69.2 Å². The Morgan fingerprint density at radius 1 is 0.855 bits per heavy atom. The lowest BCUT2D eigenvalue weighted by atomic mass is 9.97. The molecule has 1 amide bonds. The SMILES string of the molecule is O=C(COc1ccc(C(=O)c2cc3cccnc3nc2-c2ccccc2)cc1)Nn1c(-c2ccc(N3CCOCC3)c([N+](=O)[O-])c2)nc2ccccc2c1=O. The van der Waals surface area contributed by atoms with Crippen LogP contribution in [0.2, 0.25) is 0 Å². The predicted octanol–water partition coefficient (Wildman–Crippen LogP) is 5.80. The standard InChI is InChI=1S/C41H31N7O7/c49-36(25-55-30-15-12-27(13-16-30)38(50)32-23-28-9-6-18-42-39(28)44-37(32)26-7-2-1-3-8-26)45-47-40(43-33-11-5-4-10-31(33)41(47)51)29-14-17-34(35(24-29)48(52)53)46-19-21-54-22-20-46/h1-18,23-24H,19-22,25H2,(H,45,49). The number of hydrogen-bond acceptors (Lipinski definition) is 11. The number of nitrogens with one attached hydrogen (secondary N) is 1. The molecule has 4 aromatic carbocycles. The van der Waals surface area contributed by atoms with E-state index in [1.54, 1.807) is 79.0 Å². The molecule has 1 N–H and O–H groups in total. The predicted molar refractivity (Wildman–Crippen MR) is 206 cm³/mol. The second-order valence-electron chi connectivity index (χ2n) is 12.6. The highest BCUT2D eigenvalue weighted by atomic mass is 16.6. The van der Waals surface area contributed by atoms with Gasteiger partial charge in [0.1, 0.15) is 11.4 Å². The van der Waals surface area contributed by atoms with Gasteiger partial charge < -0.3 is 14.4 Å². The fourth-order valence-electron chi connectivity index (χ4n) is 6.47. The summed E-state index contributed by atoms with van der Waals surface area (Å²) in [4.78, 5) is 68.2. The van der Waals surface area contributed by atoms with Gasteiger partial charge in [-0.15, -0.1) is 0 Å². The number of pyridine rings is 2. The number of carbonyl (C=O) groups excluding carboxylic acids is 2. The molecule has 7 aromatic rings. The van der Waals surface area contributed by atoms with Crippen LogP contribution < -0.4 is 20.6 Å². The molecule has 14 nitrogen and oxygen atoms in total. The van der Waals surface area contributed by atoms with Crippen LogP contribution in [0.15, 0.2) is 126 Å². The van der Waals surface area contributed by atoms with E-state index in [1.807, 2.05) is 41.3 Å². The number of amides is 1. The normalized spacial score (nSPS) is 12.8. The third-order valence-electron chi connectivity index (χ3n) is 9.16. The summed E-state index contributed by atoms with van der Waals surface area (Å²) in [6, 6.07) is 32.4. The first kappa shape index (κ1) is 34.7. The van der Waals surface area contributed by atoms with Crippen LogP contribution in [0.3, 0.4) is 0 Å². The van der Waals surface area contributed by atoms with Crippen molar-refractivity contribution >= 4 is 45.0 Å². The number of ether oxygens (including phenoxy) is 2. The molecule has 0 spiro atoms. The Balaban J connectivity index is 1.03. The molecule has 0 radical (unpaired) electrons. The molecule has 14 heteroatoms. The minimum absolute atomic E-state index is 0.00498. The molecule has 272 valence electrons. The first-order valence-electron chi connectivity index (χ1n) is 17.4. The van der Waals surface area contributed by atoms with E-state index in [4.69, 9.17) is 14.5 Å². The van der Waals surface area contributed by atoms with E-state index in [0.29, 0.717) is 65.7 Å². The molecule has 1 aliphatic rings. The molecule has 0 unspecified atom stereocenters. The van der Waals surface area contributed by atoms with Crippen molar-refractivity contribution < 1.29 is 24.0 Å². The fraction of sp³-hybridized carbons (Fsp3) is 0.122. The number of fused-ring (bicyclic) bond motifs is 2. The van der Waals surface area contributed by atoms with E-state index in [-0.39, 0.29) is 28.2 Å². The molecule has 0 aliphatic carbocycles. The molecule has 3 aromatic heterocycles. The highest BCUT2D eigenvalue weighted by Crippen LogP contribution is 2.33. The molecule has 8 rings (SSSR count). The van der Waals surface area contributed by atoms with Crippen LogP contribution >= 0.6 is 0 Å². The zero-order valence-corrected chi connectivity index (χ0v) is 29.1. The number of carbonyl (C=O) groups is 2. The summed E-state index contributed by atoms with van der Waals surface area (Å²) < 4.78 is 12.1. The number of ketones is 1. The molecule has 0 saturated carbocycles. The Morgan fingerprint density at radius 2 is 1.62 bits per heavy atom. The van der Waals surface area contributed by atoms with E-state index < -0.39 is 23.0 Å². The Kier molecular flexibility index (Phi) is 9.45. The van der Waals surface area contributed by atoms with Crippen molar-refractivity contribution in [1.82, 2.24) is 19.6 Å².